The maximum Gasteiger partial charge on any atom is 0.119 e. The number of halogens is 1. The lowest BCUT2D eigenvalue weighted by Crippen LogP contribution is -2.54. The summed E-state index contributed by atoms with van der Waals surface area (Å²) in [6.45, 7) is 5.89. The molecule has 1 saturated heterocycles. The van der Waals surface area contributed by atoms with Crippen LogP contribution in [0.25, 0.3) is 0 Å². The molecule has 1 aromatic carbocycles. The molecule has 1 aliphatic heterocycles. The summed E-state index contributed by atoms with van der Waals surface area (Å²) in [5, 5.41) is 10.9. The van der Waals surface area contributed by atoms with Crippen molar-refractivity contribution in [2.75, 3.05) is 39.3 Å². The SMILES string of the molecule is OC1CCCCC1N1CCN(CCOc2ccc(Cl)cc2)CC1. The summed E-state index contributed by atoms with van der Waals surface area (Å²) in [6.07, 6.45) is 4.44. The number of nitrogens with zero attached hydrogens (tertiary/aromatic N) is 2. The Labute approximate surface area is 144 Å². The van der Waals surface area contributed by atoms with Crippen molar-refractivity contribution in [2.24, 2.45) is 0 Å². The molecular weight excluding hydrogens is 312 g/mol. The van der Waals surface area contributed by atoms with Gasteiger partial charge in [0, 0.05) is 43.8 Å². The van der Waals surface area contributed by atoms with Gasteiger partial charge in [-0.25, -0.2) is 0 Å². The molecule has 1 aliphatic carbocycles. The van der Waals surface area contributed by atoms with Gasteiger partial charge in [-0.3, -0.25) is 9.80 Å². The van der Waals surface area contributed by atoms with Crippen LogP contribution in [0.2, 0.25) is 5.02 Å². The van der Waals surface area contributed by atoms with Crippen molar-refractivity contribution in [3.8, 4) is 5.75 Å². The van der Waals surface area contributed by atoms with E-state index in [-0.39, 0.29) is 6.10 Å². The topological polar surface area (TPSA) is 35.9 Å². The van der Waals surface area contributed by atoms with Crippen LogP contribution in [-0.2, 0) is 0 Å². The molecule has 2 aliphatic rings. The van der Waals surface area contributed by atoms with Gasteiger partial charge in [0.05, 0.1) is 6.10 Å². The van der Waals surface area contributed by atoms with Gasteiger partial charge in [-0.1, -0.05) is 24.4 Å². The van der Waals surface area contributed by atoms with Gasteiger partial charge >= 0.3 is 0 Å². The zero-order valence-corrected chi connectivity index (χ0v) is 14.4. The number of rotatable bonds is 5. The highest BCUT2D eigenvalue weighted by molar-refractivity contribution is 6.30. The number of ether oxygens (including phenoxy) is 1. The van der Waals surface area contributed by atoms with Gasteiger partial charge in [-0.15, -0.1) is 0 Å². The molecule has 0 bridgehead atoms. The van der Waals surface area contributed by atoms with Crippen molar-refractivity contribution < 1.29 is 9.84 Å². The van der Waals surface area contributed by atoms with E-state index in [2.05, 4.69) is 9.80 Å². The molecule has 0 amide bonds. The zero-order chi connectivity index (χ0) is 16.1. The van der Waals surface area contributed by atoms with E-state index in [1.54, 1.807) is 0 Å². The molecule has 1 heterocycles. The van der Waals surface area contributed by atoms with Crippen molar-refractivity contribution in [3.05, 3.63) is 29.3 Å². The Kier molecular flexibility index (Phi) is 6.17. The molecule has 1 aromatic rings. The van der Waals surface area contributed by atoms with Gasteiger partial charge in [0.2, 0.25) is 0 Å². The molecule has 1 saturated carbocycles. The quantitative estimate of drug-likeness (QED) is 0.895. The minimum absolute atomic E-state index is 0.122. The Morgan fingerprint density at radius 3 is 2.43 bits per heavy atom. The highest BCUT2D eigenvalue weighted by atomic mass is 35.5. The molecule has 3 rings (SSSR count). The summed E-state index contributed by atoms with van der Waals surface area (Å²) in [4.78, 5) is 4.93. The van der Waals surface area contributed by atoms with Gasteiger partial charge in [0.15, 0.2) is 0 Å². The van der Waals surface area contributed by atoms with Crippen molar-refractivity contribution >= 4 is 11.6 Å². The zero-order valence-electron chi connectivity index (χ0n) is 13.7. The molecule has 0 aromatic heterocycles. The van der Waals surface area contributed by atoms with E-state index in [0.29, 0.717) is 12.6 Å². The van der Waals surface area contributed by atoms with Crippen molar-refractivity contribution in [1.29, 1.82) is 0 Å². The number of aliphatic hydroxyl groups excluding tert-OH is 1. The second kappa shape index (κ2) is 8.34. The Hall–Kier alpha value is -0.810. The lowest BCUT2D eigenvalue weighted by Gasteiger charge is -2.42. The van der Waals surface area contributed by atoms with E-state index in [4.69, 9.17) is 16.3 Å². The van der Waals surface area contributed by atoms with E-state index in [9.17, 15) is 5.11 Å². The molecule has 0 radical (unpaired) electrons. The highest BCUT2D eigenvalue weighted by Gasteiger charge is 2.30. The van der Waals surface area contributed by atoms with E-state index < -0.39 is 0 Å². The Balaban J connectivity index is 1.36. The van der Waals surface area contributed by atoms with Crippen LogP contribution < -0.4 is 4.74 Å². The predicted octanol–water partition coefficient (Wildman–Crippen LogP) is 2.64. The first kappa shape index (κ1) is 17.0. The van der Waals surface area contributed by atoms with Crippen molar-refractivity contribution in [1.82, 2.24) is 9.80 Å². The number of aliphatic hydroxyl groups is 1. The molecule has 4 nitrogen and oxygen atoms in total. The first-order chi connectivity index (χ1) is 11.2. The molecule has 128 valence electrons. The third kappa shape index (κ3) is 4.83. The average Bonchev–Trinajstić information content (AvgIpc) is 2.58. The number of benzene rings is 1. The molecular formula is C18H27ClN2O2. The van der Waals surface area contributed by atoms with Crippen LogP contribution >= 0.6 is 11.6 Å². The third-order valence-corrected chi connectivity index (χ3v) is 5.31. The second-order valence-electron chi connectivity index (χ2n) is 6.60. The van der Waals surface area contributed by atoms with Gasteiger partial charge in [0.25, 0.3) is 0 Å². The average molecular weight is 339 g/mol. The molecule has 5 heteroatoms. The highest BCUT2D eigenvalue weighted by Crippen LogP contribution is 2.24. The smallest absolute Gasteiger partial charge is 0.119 e. The van der Waals surface area contributed by atoms with Crippen LogP contribution in [0.5, 0.6) is 5.75 Å². The van der Waals surface area contributed by atoms with E-state index in [1.165, 1.54) is 12.8 Å². The normalized spacial score (nSPS) is 27.0. The maximum atomic E-state index is 10.2. The summed E-state index contributed by atoms with van der Waals surface area (Å²) in [5.41, 5.74) is 0. The van der Waals surface area contributed by atoms with Crippen molar-refractivity contribution in [2.45, 2.75) is 37.8 Å². The largest absolute Gasteiger partial charge is 0.492 e. The second-order valence-corrected chi connectivity index (χ2v) is 7.04. The predicted molar refractivity (Wildman–Crippen MR) is 93.2 cm³/mol. The van der Waals surface area contributed by atoms with Crippen LogP contribution in [0.1, 0.15) is 25.7 Å². The van der Waals surface area contributed by atoms with Gasteiger partial charge in [-0.05, 0) is 37.1 Å². The summed E-state index contributed by atoms with van der Waals surface area (Å²) >= 11 is 5.87. The summed E-state index contributed by atoms with van der Waals surface area (Å²) < 4.78 is 5.77. The Bertz CT molecular complexity index is 474. The third-order valence-electron chi connectivity index (χ3n) is 5.06. The number of piperazine rings is 1. The van der Waals surface area contributed by atoms with Crippen LogP contribution in [0.15, 0.2) is 24.3 Å². The molecule has 2 atom stereocenters. The summed E-state index contributed by atoms with van der Waals surface area (Å²) in [7, 11) is 0. The fourth-order valence-corrected chi connectivity index (χ4v) is 3.79. The first-order valence-electron chi connectivity index (χ1n) is 8.75. The Morgan fingerprint density at radius 2 is 1.74 bits per heavy atom. The summed E-state index contributed by atoms with van der Waals surface area (Å²) in [5.74, 6) is 0.873. The van der Waals surface area contributed by atoms with Crippen LogP contribution in [-0.4, -0.2) is 66.4 Å². The maximum absolute atomic E-state index is 10.2. The minimum atomic E-state index is -0.122. The first-order valence-corrected chi connectivity index (χ1v) is 9.13. The fourth-order valence-electron chi connectivity index (χ4n) is 3.66. The van der Waals surface area contributed by atoms with Gasteiger partial charge in [0.1, 0.15) is 12.4 Å². The van der Waals surface area contributed by atoms with Gasteiger partial charge < -0.3 is 9.84 Å². The molecule has 1 N–H and O–H groups in total. The lowest BCUT2D eigenvalue weighted by atomic mass is 9.91. The van der Waals surface area contributed by atoms with Crippen LogP contribution in [0.4, 0.5) is 0 Å². The molecule has 2 unspecified atom stereocenters. The van der Waals surface area contributed by atoms with E-state index in [0.717, 1.165) is 56.3 Å². The molecule has 23 heavy (non-hydrogen) atoms. The van der Waals surface area contributed by atoms with Crippen LogP contribution in [0.3, 0.4) is 0 Å². The number of hydrogen-bond donors (Lipinski definition) is 1. The fraction of sp³-hybridized carbons (Fsp3) is 0.667. The van der Waals surface area contributed by atoms with E-state index in [1.807, 2.05) is 24.3 Å². The molecule has 2 fully saturated rings. The monoisotopic (exact) mass is 338 g/mol. The van der Waals surface area contributed by atoms with Gasteiger partial charge in [-0.2, -0.15) is 0 Å². The minimum Gasteiger partial charge on any atom is -0.492 e. The standard InChI is InChI=1S/C18H27ClN2O2/c19-15-5-7-16(8-6-15)23-14-13-20-9-11-21(12-10-20)17-3-1-2-4-18(17)22/h5-8,17-18,22H,1-4,9-14H2. The van der Waals surface area contributed by atoms with Crippen LogP contribution in [0, 0.1) is 0 Å². The Morgan fingerprint density at radius 1 is 1.04 bits per heavy atom. The number of hydrogen-bond acceptors (Lipinski definition) is 4. The lowest BCUT2D eigenvalue weighted by molar-refractivity contribution is -0.00497. The van der Waals surface area contributed by atoms with Crippen molar-refractivity contribution in [3.63, 3.8) is 0 Å². The molecule has 0 spiro atoms. The summed E-state index contributed by atoms with van der Waals surface area (Å²) in [6, 6.07) is 7.90. The van der Waals surface area contributed by atoms with E-state index >= 15 is 0 Å².